The van der Waals surface area contributed by atoms with E-state index < -0.39 is 16.0 Å². The predicted octanol–water partition coefficient (Wildman–Crippen LogP) is 3.48. The quantitative estimate of drug-likeness (QED) is 0.620. The minimum atomic E-state index is -4.28. The summed E-state index contributed by atoms with van der Waals surface area (Å²) in [5.41, 5.74) is 0.622. The Morgan fingerprint density at radius 1 is 1.24 bits per heavy atom. The van der Waals surface area contributed by atoms with Crippen LogP contribution in [-0.4, -0.2) is 51.9 Å². The highest BCUT2D eigenvalue weighted by atomic mass is 35.5. The van der Waals surface area contributed by atoms with Crippen molar-refractivity contribution in [2.24, 2.45) is 0 Å². The van der Waals surface area contributed by atoms with E-state index in [9.17, 15) is 23.6 Å². The number of benzene rings is 2. The van der Waals surface area contributed by atoms with Crippen LogP contribution in [-0.2, 0) is 14.8 Å². The topological polar surface area (TPSA) is 129 Å². The molecule has 0 aromatic heterocycles. The molecule has 0 bridgehead atoms. The van der Waals surface area contributed by atoms with Gasteiger partial charge in [-0.2, -0.15) is 5.26 Å². The third kappa shape index (κ3) is 4.85. The van der Waals surface area contributed by atoms with E-state index in [1.165, 1.54) is 18.2 Å². The summed E-state index contributed by atoms with van der Waals surface area (Å²) in [4.78, 5) is 13.2. The third-order valence-corrected chi connectivity index (χ3v) is 7.36. The number of carbonyl (C=O) groups is 1. The van der Waals surface area contributed by atoms with Gasteiger partial charge in [0.25, 0.3) is 10.0 Å². The van der Waals surface area contributed by atoms with E-state index >= 15 is 0 Å². The van der Waals surface area contributed by atoms with Crippen LogP contribution in [0.3, 0.4) is 0 Å². The highest BCUT2D eigenvalue weighted by Gasteiger charge is 2.29. The van der Waals surface area contributed by atoms with Gasteiger partial charge in [0, 0.05) is 6.54 Å². The standard InChI is InChI=1S/C22H22ClN3O6S/c23-17-11-19-18(9-15(17)12-24)25-33(29,30)21-10-14(22(27)28)4-5-20(21)32-8-7-31-13-16-3-1-2-6-26(16)19/h4-5,9-11,16,25H,1-3,6-8,13H2,(H,27,28)/t16-/m0/s1. The molecule has 33 heavy (non-hydrogen) atoms. The zero-order valence-corrected chi connectivity index (χ0v) is 19.2. The van der Waals surface area contributed by atoms with Crippen LogP contribution in [0.25, 0.3) is 0 Å². The molecule has 1 saturated heterocycles. The molecule has 0 radical (unpaired) electrons. The van der Waals surface area contributed by atoms with Crippen molar-refractivity contribution in [3.8, 4) is 11.8 Å². The first kappa shape index (κ1) is 23.2. The fourth-order valence-electron chi connectivity index (χ4n) is 4.06. The highest BCUT2D eigenvalue weighted by Crippen LogP contribution is 2.38. The summed E-state index contributed by atoms with van der Waals surface area (Å²) in [5.74, 6) is -1.27. The Morgan fingerprint density at radius 3 is 2.82 bits per heavy atom. The molecule has 0 spiro atoms. The van der Waals surface area contributed by atoms with Crippen LogP contribution in [0.4, 0.5) is 11.4 Å². The Kier molecular flexibility index (Phi) is 6.65. The van der Waals surface area contributed by atoms with Crippen LogP contribution in [0.5, 0.6) is 5.75 Å². The molecule has 174 valence electrons. The average Bonchev–Trinajstić information content (AvgIpc) is 2.80. The van der Waals surface area contributed by atoms with Crippen molar-refractivity contribution < 1.29 is 27.8 Å². The van der Waals surface area contributed by atoms with Crippen LogP contribution in [0.2, 0.25) is 5.02 Å². The van der Waals surface area contributed by atoms with Crippen LogP contribution < -0.4 is 14.4 Å². The molecule has 9 nitrogen and oxygen atoms in total. The molecular weight excluding hydrogens is 470 g/mol. The number of aromatic carboxylic acids is 1. The number of nitrogens with zero attached hydrogens (tertiary/aromatic N) is 2. The number of anilines is 2. The number of halogens is 1. The number of hydrogen-bond donors (Lipinski definition) is 2. The molecule has 1 fully saturated rings. The van der Waals surface area contributed by atoms with E-state index in [1.807, 2.05) is 11.0 Å². The van der Waals surface area contributed by atoms with Crippen LogP contribution in [0.1, 0.15) is 35.2 Å². The van der Waals surface area contributed by atoms with E-state index in [0.717, 1.165) is 25.3 Å². The van der Waals surface area contributed by atoms with Gasteiger partial charge < -0.3 is 19.5 Å². The lowest BCUT2D eigenvalue weighted by Crippen LogP contribution is -2.43. The maximum absolute atomic E-state index is 13.4. The predicted molar refractivity (Wildman–Crippen MR) is 122 cm³/mol. The van der Waals surface area contributed by atoms with Gasteiger partial charge in [0.05, 0.1) is 46.8 Å². The average molecular weight is 492 g/mol. The van der Waals surface area contributed by atoms with Gasteiger partial charge in [0.15, 0.2) is 0 Å². The summed E-state index contributed by atoms with van der Waals surface area (Å²) in [6.45, 7) is 1.41. The number of piperidine rings is 1. The lowest BCUT2D eigenvalue weighted by molar-refractivity contribution is 0.0696. The van der Waals surface area contributed by atoms with Crippen molar-refractivity contribution in [1.29, 1.82) is 5.26 Å². The molecule has 0 saturated carbocycles. The van der Waals surface area contributed by atoms with Crippen LogP contribution in [0.15, 0.2) is 35.2 Å². The number of sulfonamides is 1. The van der Waals surface area contributed by atoms with Crippen molar-refractivity contribution in [3.63, 3.8) is 0 Å². The van der Waals surface area contributed by atoms with Gasteiger partial charge >= 0.3 is 5.97 Å². The number of nitrogens with one attached hydrogen (secondary N) is 1. The summed E-state index contributed by atoms with van der Waals surface area (Å²) < 4.78 is 40.8. The van der Waals surface area contributed by atoms with E-state index in [2.05, 4.69) is 4.72 Å². The minimum Gasteiger partial charge on any atom is -0.490 e. The molecule has 4 rings (SSSR count). The Bertz CT molecular complexity index is 1230. The molecule has 0 amide bonds. The number of carboxylic acid groups (broad SMARTS) is 1. The number of hydrogen-bond acceptors (Lipinski definition) is 7. The van der Waals surface area contributed by atoms with Gasteiger partial charge in [-0.1, -0.05) is 11.6 Å². The van der Waals surface area contributed by atoms with Crippen LogP contribution in [0, 0.1) is 11.3 Å². The molecule has 2 N–H and O–H groups in total. The van der Waals surface area contributed by atoms with Gasteiger partial charge in [0.1, 0.15) is 23.3 Å². The van der Waals surface area contributed by atoms with Gasteiger partial charge in [-0.15, -0.1) is 0 Å². The lowest BCUT2D eigenvalue weighted by atomic mass is 10.0. The molecule has 2 aliphatic rings. The Labute approximate surface area is 196 Å². The van der Waals surface area contributed by atoms with Gasteiger partial charge in [-0.05, 0) is 49.6 Å². The third-order valence-electron chi connectivity index (χ3n) is 5.66. The van der Waals surface area contributed by atoms with Gasteiger partial charge in [0.2, 0.25) is 0 Å². The molecule has 2 aliphatic heterocycles. The van der Waals surface area contributed by atoms with Gasteiger partial charge in [-0.25, -0.2) is 13.2 Å². The fraction of sp³-hybridized carbons (Fsp3) is 0.364. The molecule has 11 heteroatoms. The Hall–Kier alpha value is -3.00. The Morgan fingerprint density at radius 2 is 2.06 bits per heavy atom. The molecule has 0 unspecified atom stereocenters. The van der Waals surface area contributed by atoms with Crippen molar-refractivity contribution in [3.05, 3.63) is 46.5 Å². The maximum Gasteiger partial charge on any atom is 0.335 e. The number of fused-ring (bicyclic) bond motifs is 4. The Balaban J connectivity index is 1.88. The van der Waals surface area contributed by atoms with Crippen molar-refractivity contribution >= 4 is 39.0 Å². The first-order valence-electron chi connectivity index (χ1n) is 10.4. The number of rotatable bonds is 1. The van der Waals surface area contributed by atoms with Crippen molar-refractivity contribution in [2.75, 3.05) is 36.0 Å². The fourth-order valence-corrected chi connectivity index (χ4v) is 5.50. The highest BCUT2D eigenvalue weighted by molar-refractivity contribution is 7.92. The molecular formula is C22H22ClN3O6S. The molecule has 0 aliphatic carbocycles. The SMILES string of the molecule is N#Cc1cc2c(cc1Cl)N1CCCC[C@H]1COCCOc1ccc(C(=O)O)cc1S(=O)(=O)N2. The largest absolute Gasteiger partial charge is 0.490 e. The lowest BCUT2D eigenvalue weighted by Gasteiger charge is -2.38. The second-order valence-electron chi connectivity index (χ2n) is 7.80. The van der Waals surface area contributed by atoms with Crippen molar-refractivity contribution in [1.82, 2.24) is 0 Å². The van der Waals surface area contributed by atoms with E-state index in [-0.39, 0.29) is 51.7 Å². The van der Waals surface area contributed by atoms with E-state index in [1.54, 1.807) is 6.07 Å². The normalized spacial score (nSPS) is 20.1. The first-order valence-corrected chi connectivity index (χ1v) is 12.3. The second-order valence-corrected chi connectivity index (χ2v) is 9.86. The zero-order chi connectivity index (χ0) is 23.6. The van der Waals surface area contributed by atoms with Crippen molar-refractivity contribution in [2.45, 2.75) is 30.2 Å². The summed E-state index contributed by atoms with van der Waals surface area (Å²) in [6.07, 6.45) is 2.77. The van der Waals surface area contributed by atoms with E-state index in [4.69, 9.17) is 21.1 Å². The molecule has 1 atom stereocenters. The molecule has 2 aromatic rings. The smallest absolute Gasteiger partial charge is 0.335 e. The number of ether oxygens (including phenoxy) is 2. The second kappa shape index (κ2) is 9.47. The first-order chi connectivity index (χ1) is 15.8. The van der Waals surface area contributed by atoms with E-state index in [0.29, 0.717) is 18.8 Å². The maximum atomic E-state index is 13.4. The van der Waals surface area contributed by atoms with Crippen LogP contribution >= 0.6 is 11.6 Å². The monoisotopic (exact) mass is 491 g/mol. The number of nitriles is 1. The summed E-state index contributed by atoms with van der Waals surface area (Å²) in [6, 6.07) is 8.57. The summed E-state index contributed by atoms with van der Waals surface area (Å²) in [5, 5.41) is 19.0. The van der Waals surface area contributed by atoms with Gasteiger partial charge in [-0.3, -0.25) is 4.72 Å². The number of carboxylic acids is 1. The minimum absolute atomic E-state index is 0.00379. The molecule has 2 heterocycles. The summed E-state index contributed by atoms with van der Waals surface area (Å²) >= 11 is 6.31. The molecule has 2 aromatic carbocycles. The zero-order valence-electron chi connectivity index (χ0n) is 17.6. The summed E-state index contributed by atoms with van der Waals surface area (Å²) in [7, 11) is -4.28.